The lowest BCUT2D eigenvalue weighted by molar-refractivity contribution is -0.138. The Hall–Kier alpha value is -1.79. The molecule has 0 aliphatic carbocycles. The van der Waals surface area contributed by atoms with Gasteiger partial charge >= 0.3 is 0 Å². The van der Waals surface area contributed by atoms with Gasteiger partial charge in [-0.25, -0.2) is 10.9 Å². The lowest BCUT2D eigenvalue weighted by atomic mass is 9.67. The van der Waals surface area contributed by atoms with Crippen LogP contribution < -0.4 is 42.2 Å². The SMILES string of the molecule is CCC(C)C1(C(=O)N[C@H]2COc3ccccc32)CCNC(NCC2NNC(C3CCNCN3)N2C)C1. The van der Waals surface area contributed by atoms with E-state index in [-0.39, 0.29) is 36.4 Å². The van der Waals surface area contributed by atoms with Crippen molar-refractivity contribution in [3.05, 3.63) is 29.8 Å². The van der Waals surface area contributed by atoms with Gasteiger partial charge in [-0.15, -0.1) is 0 Å². The normalized spacial score (nSPS) is 35.7. The van der Waals surface area contributed by atoms with E-state index in [9.17, 15) is 4.79 Å². The van der Waals surface area contributed by atoms with Crippen LogP contribution in [-0.2, 0) is 4.79 Å². The van der Waals surface area contributed by atoms with Gasteiger partial charge in [0, 0.05) is 24.8 Å². The van der Waals surface area contributed by atoms with Gasteiger partial charge in [0.15, 0.2) is 0 Å². The Bertz CT molecular complexity index is 896. The molecule has 0 aromatic heterocycles. The molecule has 3 saturated heterocycles. The summed E-state index contributed by atoms with van der Waals surface area (Å²) in [5, 5.41) is 17.6. The summed E-state index contributed by atoms with van der Waals surface area (Å²) in [5.41, 5.74) is 7.60. The van der Waals surface area contributed by atoms with Gasteiger partial charge < -0.3 is 20.7 Å². The predicted molar refractivity (Wildman–Crippen MR) is 140 cm³/mol. The molecule has 1 amide bonds. The lowest BCUT2D eigenvalue weighted by Crippen LogP contribution is -2.60. The molecule has 200 valence electrons. The monoisotopic (exact) mass is 500 g/mol. The number of ether oxygens (including phenoxy) is 1. The number of carbonyl (C=O) groups is 1. The molecule has 1 aromatic carbocycles. The van der Waals surface area contributed by atoms with Crippen molar-refractivity contribution < 1.29 is 9.53 Å². The number of piperidine rings is 1. The summed E-state index contributed by atoms with van der Waals surface area (Å²) >= 11 is 0. The van der Waals surface area contributed by atoms with Gasteiger partial charge in [0.25, 0.3) is 0 Å². The third kappa shape index (κ3) is 5.13. The fourth-order valence-corrected chi connectivity index (χ4v) is 6.34. The predicted octanol–water partition coefficient (Wildman–Crippen LogP) is 0.169. The van der Waals surface area contributed by atoms with E-state index in [0.29, 0.717) is 12.6 Å². The van der Waals surface area contributed by atoms with Crippen molar-refractivity contribution >= 4 is 5.91 Å². The maximum Gasteiger partial charge on any atom is 0.227 e. The molecule has 4 aliphatic rings. The second-order valence-corrected chi connectivity index (χ2v) is 10.9. The standard InChI is InChI=1S/C26H44N8O2/c1-4-17(2)26(25(35)31-20-15-36-21-8-6-5-7-18(20)21)10-12-28-22(13-26)29-14-23-32-33-24(34(23)3)19-9-11-27-16-30-19/h5-8,17,19-20,22-24,27-30,32-33H,4,9-16H2,1-3H3,(H,31,35)/t17?,19?,20-,22?,23?,24?,26?/m0/s1. The second kappa shape index (κ2) is 11.3. The fraction of sp³-hybridized carbons (Fsp3) is 0.731. The average Bonchev–Trinajstić information content (AvgIpc) is 3.50. The molecular formula is C26H44N8O2. The van der Waals surface area contributed by atoms with Crippen LogP contribution in [0.4, 0.5) is 0 Å². The molecule has 1 aromatic rings. The minimum atomic E-state index is -0.413. The highest BCUT2D eigenvalue weighted by atomic mass is 16.5. The first kappa shape index (κ1) is 25.8. The number of nitrogens with zero attached hydrogens (tertiary/aromatic N) is 1. The van der Waals surface area contributed by atoms with E-state index >= 15 is 0 Å². The van der Waals surface area contributed by atoms with Gasteiger partial charge in [0.2, 0.25) is 5.91 Å². The average molecular weight is 501 g/mol. The maximum absolute atomic E-state index is 13.9. The summed E-state index contributed by atoms with van der Waals surface area (Å²) in [4.78, 5) is 16.3. The highest BCUT2D eigenvalue weighted by molar-refractivity contribution is 5.84. The summed E-state index contributed by atoms with van der Waals surface area (Å²) in [6.07, 6.45) is 4.18. The number of fused-ring (bicyclic) bond motifs is 1. The van der Waals surface area contributed by atoms with Gasteiger partial charge in [-0.2, -0.15) is 0 Å². The highest BCUT2D eigenvalue weighted by Crippen LogP contribution is 2.42. The number of para-hydroxylation sites is 1. The first-order valence-corrected chi connectivity index (χ1v) is 13.7. The van der Waals surface area contributed by atoms with E-state index in [1.165, 1.54) is 0 Å². The van der Waals surface area contributed by atoms with Crippen LogP contribution in [0.1, 0.15) is 51.1 Å². The Morgan fingerprint density at radius 2 is 2.11 bits per heavy atom. The van der Waals surface area contributed by atoms with Crippen molar-refractivity contribution in [1.82, 2.24) is 42.3 Å². The van der Waals surface area contributed by atoms with Crippen molar-refractivity contribution in [1.29, 1.82) is 0 Å². The van der Waals surface area contributed by atoms with Crippen LogP contribution >= 0.6 is 0 Å². The molecule has 0 spiro atoms. The third-order valence-electron chi connectivity index (χ3n) is 8.93. The number of hydrogen-bond donors (Lipinski definition) is 7. The molecule has 0 radical (unpaired) electrons. The van der Waals surface area contributed by atoms with E-state index in [0.717, 1.165) is 63.3 Å². The topological polar surface area (TPSA) is 114 Å². The van der Waals surface area contributed by atoms with Crippen molar-refractivity contribution in [2.75, 3.05) is 40.0 Å². The number of nitrogens with one attached hydrogen (secondary N) is 7. The molecule has 7 N–H and O–H groups in total. The van der Waals surface area contributed by atoms with Gasteiger partial charge in [0.1, 0.15) is 12.4 Å². The minimum Gasteiger partial charge on any atom is -0.491 e. The van der Waals surface area contributed by atoms with Gasteiger partial charge in [-0.3, -0.25) is 20.3 Å². The zero-order chi connectivity index (χ0) is 25.1. The number of benzene rings is 1. The molecule has 5 rings (SSSR count). The molecule has 4 heterocycles. The molecule has 10 heteroatoms. The fourth-order valence-electron chi connectivity index (χ4n) is 6.34. The van der Waals surface area contributed by atoms with Crippen LogP contribution in [-0.4, -0.2) is 75.3 Å². The number of amides is 1. The summed E-state index contributed by atoms with van der Waals surface area (Å²) in [6.45, 7) is 8.41. The van der Waals surface area contributed by atoms with Gasteiger partial charge in [-0.05, 0) is 51.4 Å². The zero-order valence-electron chi connectivity index (χ0n) is 21.9. The Balaban J connectivity index is 1.20. The van der Waals surface area contributed by atoms with E-state index in [1.807, 2.05) is 18.2 Å². The van der Waals surface area contributed by atoms with Crippen molar-refractivity contribution in [3.8, 4) is 5.75 Å². The molecular weight excluding hydrogens is 456 g/mol. The van der Waals surface area contributed by atoms with Crippen molar-refractivity contribution in [3.63, 3.8) is 0 Å². The molecule has 10 nitrogen and oxygen atoms in total. The van der Waals surface area contributed by atoms with Crippen LogP contribution in [0, 0.1) is 11.3 Å². The Kier molecular flexibility index (Phi) is 8.11. The van der Waals surface area contributed by atoms with E-state index in [2.05, 4.69) is 69.3 Å². The van der Waals surface area contributed by atoms with E-state index in [4.69, 9.17) is 4.74 Å². The van der Waals surface area contributed by atoms with E-state index < -0.39 is 5.41 Å². The van der Waals surface area contributed by atoms with Gasteiger partial charge in [0.05, 0.1) is 30.0 Å². The molecule has 0 saturated carbocycles. The van der Waals surface area contributed by atoms with Gasteiger partial charge in [-0.1, -0.05) is 38.5 Å². The minimum absolute atomic E-state index is 0.0804. The van der Waals surface area contributed by atoms with Crippen LogP contribution in [0.2, 0.25) is 0 Å². The molecule has 7 atom stereocenters. The van der Waals surface area contributed by atoms with Crippen LogP contribution in [0.15, 0.2) is 24.3 Å². The third-order valence-corrected chi connectivity index (χ3v) is 8.93. The summed E-state index contributed by atoms with van der Waals surface area (Å²) in [7, 11) is 2.17. The van der Waals surface area contributed by atoms with Crippen LogP contribution in [0.3, 0.4) is 0 Å². The Labute approximate surface area is 215 Å². The highest BCUT2D eigenvalue weighted by Gasteiger charge is 2.47. The molecule has 36 heavy (non-hydrogen) atoms. The second-order valence-electron chi connectivity index (χ2n) is 10.9. The largest absolute Gasteiger partial charge is 0.491 e. The smallest absolute Gasteiger partial charge is 0.227 e. The molecule has 3 fully saturated rings. The van der Waals surface area contributed by atoms with Crippen LogP contribution in [0.25, 0.3) is 0 Å². The number of hydrazine groups is 1. The number of rotatable bonds is 8. The number of likely N-dealkylation sites (N-methyl/N-ethyl adjacent to an activating group) is 1. The first-order chi connectivity index (χ1) is 17.5. The molecule has 0 bridgehead atoms. The van der Waals surface area contributed by atoms with Crippen molar-refractivity contribution in [2.24, 2.45) is 11.3 Å². The van der Waals surface area contributed by atoms with E-state index in [1.54, 1.807) is 0 Å². The Morgan fingerprint density at radius 3 is 2.92 bits per heavy atom. The quantitative estimate of drug-likeness (QED) is 0.268. The number of carbonyl (C=O) groups excluding carboxylic acids is 1. The Morgan fingerprint density at radius 1 is 1.25 bits per heavy atom. The molecule has 4 aliphatic heterocycles. The maximum atomic E-state index is 13.9. The van der Waals surface area contributed by atoms with Crippen LogP contribution in [0.5, 0.6) is 5.75 Å². The number of hydrogen-bond acceptors (Lipinski definition) is 9. The molecule has 6 unspecified atom stereocenters. The van der Waals surface area contributed by atoms with Crippen molar-refractivity contribution in [2.45, 2.75) is 70.1 Å². The zero-order valence-corrected chi connectivity index (χ0v) is 21.9. The summed E-state index contributed by atoms with van der Waals surface area (Å²) in [5.74, 6) is 1.32. The first-order valence-electron chi connectivity index (χ1n) is 13.7. The summed E-state index contributed by atoms with van der Waals surface area (Å²) in [6, 6.07) is 8.35. The lowest BCUT2D eigenvalue weighted by Gasteiger charge is -2.45. The summed E-state index contributed by atoms with van der Waals surface area (Å²) < 4.78 is 5.83.